The van der Waals surface area contributed by atoms with Gasteiger partial charge in [0.25, 0.3) is 0 Å². The first-order chi connectivity index (χ1) is 11.6. The Balaban J connectivity index is 2.36. The lowest BCUT2D eigenvalue weighted by Crippen LogP contribution is -2.44. The molecule has 0 saturated carbocycles. The molecule has 0 fully saturated rings. The molecule has 2 aromatic carbocycles. The van der Waals surface area contributed by atoms with Crippen LogP contribution in [0.25, 0.3) is 11.1 Å². The largest absolute Gasteiger partial charge is 0.508 e. The number of sulfonamides is 1. The van der Waals surface area contributed by atoms with E-state index in [1.54, 1.807) is 57.2 Å². The van der Waals surface area contributed by atoms with Gasteiger partial charge in [0.05, 0.1) is 4.90 Å². The summed E-state index contributed by atoms with van der Waals surface area (Å²) in [5.74, 6) is -1.45. The standard InChI is InChI=1S/C18H21NO5S/c1-11(2)17(18(21)22)19-25(23,24)16-9-6-14(10-12(16)3)13-4-7-15(20)8-5-13/h4-11,17,19-20H,1-3H3,(H,21,22)/t17-/m1/s1. The second kappa shape index (κ2) is 7.25. The molecule has 2 aromatic rings. The molecule has 0 spiro atoms. The molecule has 0 aliphatic heterocycles. The SMILES string of the molecule is Cc1cc(-c2ccc(O)cc2)ccc1S(=O)(=O)N[C@@H](C(=O)O)C(C)C. The lowest BCUT2D eigenvalue weighted by Gasteiger charge is -2.19. The Kier molecular flexibility index (Phi) is 5.49. The van der Waals surface area contributed by atoms with Gasteiger partial charge in [-0.1, -0.05) is 38.1 Å². The van der Waals surface area contributed by atoms with Gasteiger partial charge in [-0.3, -0.25) is 4.79 Å². The van der Waals surface area contributed by atoms with Gasteiger partial charge in [0.2, 0.25) is 10.0 Å². The molecule has 2 rings (SSSR count). The molecule has 3 N–H and O–H groups in total. The maximum Gasteiger partial charge on any atom is 0.322 e. The molecule has 0 aliphatic carbocycles. The van der Waals surface area contributed by atoms with Gasteiger partial charge in [-0.2, -0.15) is 4.72 Å². The molecule has 0 saturated heterocycles. The van der Waals surface area contributed by atoms with Crippen molar-refractivity contribution >= 4 is 16.0 Å². The number of rotatable bonds is 6. The minimum Gasteiger partial charge on any atom is -0.508 e. The van der Waals surface area contributed by atoms with Gasteiger partial charge >= 0.3 is 5.97 Å². The van der Waals surface area contributed by atoms with Crippen LogP contribution in [-0.2, 0) is 14.8 Å². The first-order valence-corrected chi connectivity index (χ1v) is 9.25. The predicted octanol–water partition coefficient (Wildman–Crippen LogP) is 2.76. The van der Waals surface area contributed by atoms with Crippen molar-refractivity contribution in [3.05, 3.63) is 48.0 Å². The van der Waals surface area contributed by atoms with Crippen LogP contribution < -0.4 is 4.72 Å². The lowest BCUT2D eigenvalue weighted by molar-refractivity contribution is -0.140. The summed E-state index contributed by atoms with van der Waals surface area (Å²) in [6.45, 7) is 4.94. The van der Waals surface area contributed by atoms with Crippen LogP contribution in [0.2, 0.25) is 0 Å². The second-order valence-electron chi connectivity index (χ2n) is 6.21. The minimum absolute atomic E-state index is 0.0435. The van der Waals surface area contributed by atoms with E-state index in [0.717, 1.165) is 11.1 Å². The fourth-order valence-electron chi connectivity index (χ4n) is 2.49. The number of carbonyl (C=O) groups is 1. The van der Waals surface area contributed by atoms with Crippen LogP contribution in [0.5, 0.6) is 5.75 Å². The number of benzene rings is 2. The molecule has 7 heteroatoms. The number of aryl methyl sites for hydroxylation is 1. The van der Waals surface area contributed by atoms with E-state index in [0.29, 0.717) is 5.56 Å². The van der Waals surface area contributed by atoms with Crippen molar-refractivity contribution in [2.45, 2.75) is 31.7 Å². The molecule has 0 aromatic heterocycles. The number of hydrogen-bond acceptors (Lipinski definition) is 4. The number of phenolic OH excluding ortho intramolecular Hbond substituents is 1. The number of aromatic hydroxyl groups is 1. The summed E-state index contributed by atoms with van der Waals surface area (Å²) in [5, 5.41) is 18.5. The van der Waals surface area contributed by atoms with Crippen molar-refractivity contribution in [3.8, 4) is 16.9 Å². The van der Waals surface area contributed by atoms with Gasteiger partial charge in [0.15, 0.2) is 0 Å². The molecule has 0 bridgehead atoms. The van der Waals surface area contributed by atoms with Crippen LogP contribution in [0.1, 0.15) is 19.4 Å². The average Bonchev–Trinajstić information content (AvgIpc) is 2.52. The average molecular weight is 363 g/mol. The maximum atomic E-state index is 12.6. The van der Waals surface area contributed by atoms with Crippen molar-refractivity contribution in [1.29, 1.82) is 0 Å². The number of nitrogens with one attached hydrogen (secondary N) is 1. The van der Waals surface area contributed by atoms with E-state index < -0.39 is 22.0 Å². The Bertz CT molecular complexity index is 873. The van der Waals surface area contributed by atoms with E-state index in [1.807, 2.05) is 0 Å². The monoisotopic (exact) mass is 363 g/mol. The fraction of sp³-hybridized carbons (Fsp3) is 0.278. The van der Waals surface area contributed by atoms with Crippen LogP contribution in [0.15, 0.2) is 47.4 Å². The summed E-state index contributed by atoms with van der Waals surface area (Å²) in [6, 6.07) is 10.2. The third kappa shape index (κ3) is 4.37. The minimum atomic E-state index is -3.96. The zero-order valence-electron chi connectivity index (χ0n) is 14.2. The van der Waals surface area contributed by atoms with E-state index in [4.69, 9.17) is 0 Å². The predicted molar refractivity (Wildman–Crippen MR) is 94.9 cm³/mol. The Morgan fingerprint density at radius 3 is 2.08 bits per heavy atom. The molecule has 0 amide bonds. The van der Waals surface area contributed by atoms with Gasteiger partial charge in [-0.25, -0.2) is 8.42 Å². The van der Waals surface area contributed by atoms with Crippen LogP contribution in [0.4, 0.5) is 0 Å². The summed E-state index contributed by atoms with van der Waals surface area (Å²) < 4.78 is 27.4. The zero-order chi connectivity index (χ0) is 18.8. The van der Waals surface area contributed by atoms with Crippen molar-refractivity contribution in [2.24, 2.45) is 5.92 Å². The van der Waals surface area contributed by atoms with E-state index in [1.165, 1.54) is 6.07 Å². The molecule has 6 nitrogen and oxygen atoms in total. The molecule has 0 unspecified atom stereocenters. The number of aliphatic carboxylic acids is 1. The Labute approximate surface area is 147 Å². The highest BCUT2D eigenvalue weighted by Gasteiger charge is 2.28. The summed E-state index contributed by atoms with van der Waals surface area (Å²) >= 11 is 0. The van der Waals surface area contributed by atoms with Crippen molar-refractivity contribution in [1.82, 2.24) is 4.72 Å². The van der Waals surface area contributed by atoms with E-state index in [9.17, 15) is 23.4 Å². The Hall–Kier alpha value is -2.38. The summed E-state index contributed by atoms with van der Waals surface area (Å²) in [4.78, 5) is 11.3. The van der Waals surface area contributed by atoms with Gasteiger partial charge in [-0.05, 0) is 47.7 Å². The molecule has 0 aliphatic rings. The first kappa shape index (κ1) is 19.0. The van der Waals surface area contributed by atoms with Crippen LogP contribution in [-0.4, -0.2) is 30.6 Å². The fourth-order valence-corrected chi connectivity index (χ4v) is 4.05. The maximum absolute atomic E-state index is 12.6. The number of phenols is 1. The van der Waals surface area contributed by atoms with Gasteiger partial charge in [0, 0.05) is 0 Å². The van der Waals surface area contributed by atoms with Crippen molar-refractivity contribution < 1.29 is 23.4 Å². The Morgan fingerprint density at radius 2 is 1.60 bits per heavy atom. The van der Waals surface area contributed by atoms with Crippen LogP contribution >= 0.6 is 0 Å². The van der Waals surface area contributed by atoms with E-state index in [2.05, 4.69) is 4.72 Å². The highest BCUT2D eigenvalue weighted by atomic mass is 32.2. The van der Waals surface area contributed by atoms with Gasteiger partial charge in [-0.15, -0.1) is 0 Å². The number of carboxylic acids is 1. The van der Waals surface area contributed by atoms with Crippen molar-refractivity contribution in [2.75, 3.05) is 0 Å². The summed E-state index contributed by atoms with van der Waals surface area (Å²) in [5.41, 5.74) is 2.14. The molecule has 1 atom stereocenters. The molecule has 25 heavy (non-hydrogen) atoms. The lowest BCUT2D eigenvalue weighted by atomic mass is 10.0. The molecule has 134 valence electrons. The quantitative estimate of drug-likeness (QED) is 0.732. The van der Waals surface area contributed by atoms with E-state index in [-0.39, 0.29) is 16.6 Å². The second-order valence-corrected chi connectivity index (χ2v) is 7.89. The number of carboxylic acid groups (broad SMARTS) is 1. The normalized spacial score (nSPS) is 13.0. The van der Waals surface area contributed by atoms with Crippen molar-refractivity contribution in [3.63, 3.8) is 0 Å². The van der Waals surface area contributed by atoms with Crippen LogP contribution in [0.3, 0.4) is 0 Å². The number of hydrogen-bond donors (Lipinski definition) is 3. The molecule has 0 heterocycles. The molecular weight excluding hydrogens is 342 g/mol. The first-order valence-electron chi connectivity index (χ1n) is 7.77. The topological polar surface area (TPSA) is 104 Å². The third-order valence-electron chi connectivity index (χ3n) is 3.88. The highest BCUT2D eigenvalue weighted by molar-refractivity contribution is 7.89. The summed E-state index contributed by atoms with van der Waals surface area (Å²) in [7, 11) is -3.96. The zero-order valence-corrected chi connectivity index (χ0v) is 15.0. The Morgan fingerprint density at radius 1 is 1.04 bits per heavy atom. The smallest absolute Gasteiger partial charge is 0.322 e. The van der Waals surface area contributed by atoms with E-state index >= 15 is 0 Å². The molecule has 0 radical (unpaired) electrons. The molecular formula is C18H21NO5S. The third-order valence-corrected chi connectivity index (χ3v) is 5.48. The summed E-state index contributed by atoms with van der Waals surface area (Å²) in [6.07, 6.45) is 0. The highest BCUT2D eigenvalue weighted by Crippen LogP contribution is 2.26. The van der Waals surface area contributed by atoms with Crippen LogP contribution in [0, 0.1) is 12.8 Å². The van der Waals surface area contributed by atoms with Gasteiger partial charge in [0.1, 0.15) is 11.8 Å². The van der Waals surface area contributed by atoms with Gasteiger partial charge < -0.3 is 10.2 Å².